The molecule has 1 aliphatic rings. The zero-order valence-corrected chi connectivity index (χ0v) is 7.42. The van der Waals surface area contributed by atoms with E-state index >= 15 is 0 Å². The number of amides is 1. The Morgan fingerprint density at radius 2 is 2.42 bits per heavy atom. The van der Waals surface area contributed by atoms with Crippen molar-refractivity contribution in [3.05, 3.63) is 0 Å². The monoisotopic (exact) mass is 172 g/mol. The summed E-state index contributed by atoms with van der Waals surface area (Å²) >= 11 is 0. The maximum absolute atomic E-state index is 10.7. The Morgan fingerprint density at radius 1 is 1.67 bits per heavy atom. The zero-order chi connectivity index (χ0) is 8.97. The summed E-state index contributed by atoms with van der Waals surface area (Å²) in [5, 5.41) is 11.9. The highest BCUT2D eigenvalue weighted by molar-refractivity contribution is 5.65. The molecular formula is C8H16N2O2. The third kappa shape index (κ3) is 2.11. The average molecular weight is 172 g/mol. The largest absolute Gasteiger partial charge is 0.465 e. The topological polar surface area (TPSA) is 52.6 Å². The summed E-state index contributed by atoms with van der Waals surface area (Å²) in [4.78, 5) is 12.3. The van der Waals surface area contributed by atoms with E-state index in [1.165, 1.54) is 0 Å². The molecule has 1 atom stereocenters. The molecule has 0 spiro atoms. The van der Waals surface area contributed by atoms with E-state index in [1.807, 2.05) is 7.05 Å². The summed E-state index contributed by atoms with van der Waals surface area (Å²) in [5.74, 6) is 0. The van der Waals surface area contributed by atoms with E-state index in [0.29, 0.717) is 6.54 Å². The van der Waals surface area contributed by atoms with Gasteiger partial charge >= 0.3 is 6.09 Å². The van der Waals surface area contributed by atoms with E-state index < -0.39 is 6.09 Å². The van der Waals surface area contributed by atoms with Gasteiger partial charge in [-0.25, -0.2) is 4.79 Å². The van der Waals surface area contributed by atoms with Gasteiger partial charge in [-0.3, -0.25) is 0 Å². The van der Waals surface area contributed by atoms with Crippen molar-refractivity contribution >= 4 is 6.09 Å². The van der Waals surface area contributed by atoms with Gasteiger partial charge in [-0.2, -0.15) is 0 Å². The predicted octanol–water partition coefficient (Wildman–Crippen LogP) is 0.738. The molecule has 0 unspecified atom stereocenters. The molecule has 4 heteroatoms. The van der Waals surface area contributed by atoms with Crippen molar-refractivity contribution in [3.8, 4) is 0 Å². The van der Waals surface area contributed by atoms with Gasteiger partial charge in [0.25, 0.3) is 0 Å². The van der Waals surface area contributed by atoms with Crippen LogP contribution in [-0.2, 0) is 0 Å². The molecule has 0 bridgehead atoms. The Balaban J connectivity index is 2.48. The van der Waals surface area contributed by atoms with Gasteiger partial charge < -0.3 is 15.3 Å². The fraction of sp³-hybridized carbons (Fsp3) is 0.875. The molecule has 2 N–H and O–H groups in total. The van der Waals surface area contributed by atoms with Crippen molar-refractivity contribution in [2.24, 2.45) is 0 Å². The average Bonchev–Trinajstić information content (AvgIpc) is 2.05. The van der Waals surface area contributed by atoms with E-state index in [-0.39, 0.29) is 6.04 Å². The molecule has 70 valence electrons. The van der Waals surface area contributed by atoms with Crippen LogP contribution < -0.4 is 5.32 Å². The third-order valence-corrected chi connectivity index (χ3v) is 2.31. The molecule has 0 aromatic rings. The van der Waals surface area contributed by atoms with Crippen molar-refractivity contribution in [2.75, 3.05) is 20.1 Å². The number of likely N-dealkylation sites (tertiary alicyclic amines) is 1. The first-order chi connectivity index (χ1) is 5.75. The first-order valence-corrected chi connectivity index (χ1v) is 4.40. The standard InChI is InChI=1S/C8H16N2O2/c1-9-6-7-4-2-3-5-10(7)8(11)12/h7,9H,2-6H2,1H3,(H,11,12)/t7-/m1/s1. The van der Waals surface area contributed by atoms with Gasteiger partial charge in [0.1, 0.15) is 0 Å². The van der Waals surface area contributed by atoms with E-state index in [9.17, 15) is 4.79 Å². The van der Waals surface area contributed by atoms with Crippen molar-refractivity contribution < 1.29 is 9.90 Å². The summed E-state index contributed by atoms with van der Waals surface area (Å²) in [6, 6.07) is 0.182. The molecule has 12 heavy (non-hydrogen) atoms. The fourth-order valence-electron chi connectivity index (χ4n) is 1.70. The number of hydrogen-bond acceptors (Lipinski definition) is 2. The van der Waals surface area contributed by atoms with Gasteiger partial charge in [-0.05, 0) is 26.3 Å². The number of likely N-dealkylation sites (N-methyl/N-ethyl adjacent to an activating group) is 1. The number of carboxylic acid groups (broad SMARTS) is 1. The molecule has 1 saturated heterocycles. The minimum Gasteiger partial charge on any atom is -0.465 e. The van der Waals surface area contributed by atoms with Gasteiger partial charge in [-0.15, -0.1) is 0 Å². The Hall–Kier alpha value is -0.770. The second kappa shape index (κ2) is 4.30. The first-order valence-electron chi connectivity index (χ1n) is 4.40. The van der Waals surface area contributed by atoms with E-state index in [4.69, 9.17) is 5.11 Å². The van der Waals surface area contributed by atoms with Crippen LogP contribution in [0.5, 0.6) is 0 Å². The lowest BCUT2D eigenvalue weighted by Gasteiger charge is -2.33. The quantitative estimate of drug-likeness (QED) is 0.646. The van der Waals surface area contributed by atoms with Crippen LogP contribution in [0.25, 0.3) is 0 Å². The molecule has 1 amide bonds. The van der Waals surface area contributed by atoms with Gasteiger partial charge in [0.15, 0.2) is 0 Å². The number of nitrogens with zero attached hydrogens (tertiary/aromatic N) is 1. The summed E-state index contributed by atoms with van der Waals surface area (Å²) in [7, 11) is 1.86. The van der Waals surface area contributed by atoms with Gasteiger partial charge in [0, 0.05) is 19.1 Å². The number of nitrogens with one attached hydrogen (secondary N) is 1. The van der Waals surface area contributed by atoms with E-state index in [1.54, 1.807) is 4.90 Å². The van der Waals surface area contributed by atoms with Crippen LogP contribution in [0.2, 0.25) is 0 Å². The maximum atomic E-state index is 10.7. The maximum Gasteiger partial charge on any atom is 0.407 e. The molecule has 0 radical (unpaired) electrons. The Kier molecular flexibility index (Phi) is 3.34. The van der Waals surface area contributed by atoms with Crippen LogP contribution in [0.15, 0.2) is 0 Å². The molecule has 1 rings (SSSR count). The van der Waals surface area contributed by atoms with Crippen LogP contribution in [0.1, 0.15) is 19.3 Å². The second-order valence-electron chi connectivity index (χ2n) is 3.18. The minimum atomic E-state index is -0.782. The lowest BCUT2D eigenvalue weighted by Crippen LogP contribution is -2.47. The van der Waals surface area contributed by atoms with E-state index in [0.717, 1.165) is 25.8 Å². The highest BCUT2D eigenvalue weighted by Gasteiger charge is 2.25. The Labute approximate surface area is 72.6 Å². The van der Waals surface area contributed by atoms with Crippen LogP contribution in [0.3, 0.4) is 0 Å². The van der Waals surface area contributed by atoms with Crippen molar-refractivity contribution in [3.63, 3.8) is 0 Å². The molecule has 0 aromatic carbocycles. The summed E-state index contributed by atoms with van der Waals surface area (Å²) in [5.41, 5.74) is 0. The Morgan fingerprint density at radius 3 is 3.00 bits per heavy atom. The normalized spacial score (nSPS) is 24.1. The number of rotatable bonds is 2. The molecule has 0 aliphatic carbocycles. The van der Waals surface area contributed by atoms with Crippen LogP contribution >= 0.6 is 0 Å². The SMILES string of the molecule is CNC[C@H]1CCCCN1C(=O)O. The van der Waals surface area contributed by atoms with Crippen molar-refractivity contribution in [2.45, 2.75) is 25.3 Å². The lowest BCUT2D eigenvalue weighted by molar-refractivity contribution is 0.107. The fourth-order valence-corrected chi connectivity index (χ4v) is 1.70. The Bertz CT molecular complexity index is 159. The number of carbonyl (C=O) groups is 1. The molecule has 1 fully saturated rings. The van der Waals surface area contributed by atoms with Crippen LogP contribution in [-0.4, -0.2) is 42.3 Å². The van der Waals surface area contributed by atoms with Crippen LogP contribution in [0.4, 0.5) is 4.79 Å². The van der Waals surface area contributed by atoms with Gasteiger partial charge in [0.2, 0.25) is 0 Å². The summed E-state index contributed by atoms with van der Waals surface area (Å²) in [6.45, 7) is 1.47. The number of piperidine rings is 1. The van der Waals surface area contributed by atoms with E-state index in [2.05, 4.69) is 5.32 Å². The van der Waals surface area contributed by atoms with Crippen LogP contribution in [0, 0.1) is 0 Å². The smallest absolute Gasteiger partial charge is 0.407 e. The first kappa shape index (κ1) is 9.32. The lowest BCUT2D eigenvalue weighted by atomic mass is 10.0. The minimum absolute atomic E-state index is 0.182. The molecule has 0 aromatic heterocycles. The van der Waals surface area contributed by atoms with Crippen molar-refractivity contribution in [1.29, 1.82) is 0 Å². The number of hydrogen-bond donors (Lipinski definition) is 2. The van der Waals surface area contributed by atoms with Gasteiger partial charge in [-0.1, -0.05) is 0 Å². The molecule has 4 nitrogen and oxygen atoms in total. The second-order valence-corrected chi connectivity index (χ2v) is 3.18. The molecular weight excluding hydrogens is 156 g/mol. The highest BCUT2D eigenvalue weighted by Crippen LogP contribution is 2.15. The molecule has 1 aliphatic heterocycles. The highest BCUT2D eigenvalue weighted by atomic mass is 16.4. The van der Waals surface area contributed by atoms with Crippen molar-refractivity contribution in [1.82, 2.24) is 10.2 Å². The zero-order valence-electron chi connectivity index (χ0n) is 7.42. The molecule has 1 heterocycles. The predicted molar refractivity (Wildman–Crippen MR) is 46.3 cm³/mol. The summed E-state index contributed by atoms with van der Waals surface area (Å²) in [6.07, 6.45) is 2.37. The van der Waals surface area contributed by atoms with Gasteiger partial charge in [0.05, 0.1) is 0 Å². The third-order valence-electron chi connectivity index (χ3n) is 2.31. The summed E-state index contributed by atoms with van der Waals surface area (Å²) < 4.78 is 0. The molecule has 0 saturated carbocycles.